The molecule has 1 heterocycles. The molecule has 0 spiro atoms. The highest BCUT2D eigenvalue weighted by Crippen LogP contribution is 2.27. The zero-order valence-corrected chi connectivity index (χ0v) is 18.3. The maximum atomic E-state index is 12.9. The van der Waals surface area contributed by atoms with Gasteiger partial charge in [-0.1, -0.05) is 37.1 Å². The van der Waals surface area contributed by atoms with Crippen molar-refractivity contribution in [3.63, 3.8) is 0 Å². The Morgan fingerprint density at radius 1 is 0.903 bits per heavy atom. The molecule has 0 atom stereocenters. The predicted molar refractivity (Wildman–Crippen MR) is 122 cm³/mol. The highest BCUT2D eigenvalue weighted by molar-refractivity contribution is 7.89. The summed E-state index contributed by atoms with van der Waals surface area (Å²) in [6, 6.07) is 17.7. The van der Waals surface area contributed by atoms with E-state index in [1.807, 2.05) is 30.3 Å². The van der Waals surface area contributed by atoms with Crippen molar-refractivity contribution in [2.24, 2.45) is 0 Å². The standard InChI is InChI=1S/C24H26N2O4S/c1-30-23-17-19-9-5-4-8-18(19)16-22(23)24(27)25-20-10-12-21(13-11-20)31(28,29)26-14-6-2-3-7-15-26/h4-5,8-13,16-17H,2-3,6-7,14-15H2,1H3,(H,25,27). The molecule has 3 aromatic carbocycles. The van der Waals surface area contributed by atoms with Crippen LogP contribution in [0.25, 0.3) is 10.8 Å². The van der Waals surface area contributed by atoms with Crippen molar-refractivity contribution in [2.75, 3.05) is 25.5 Å². The molecule has 0 saturated carbocycles. The molecule has 0 bridgehead atoms. The van der Waals surface area contributed by atoms with Crippen molar-refractivity contribution >= 4 is 32.4 Å². The number of nitrogens with zero attached hydrogens (tertiary/aromatic N) is 1. The van der Waals surface area contributed by atoms with E-state index >= 15 is 0 Å². The number of carbonyl (C=O) groups excluding carboxylic acids is 1. The fourth-order valence-corrected chi connectivity index (χ4v) is 5.42. The molecule has 0 radical (unpaired) electrons. The van der Waals surface area contributed by atoms with Crippen LogP contribution in [0.15, 0.2) is 65.6 Å². The molecule has 0 aromatic heterocycles. The minimum atomic E-state index is -3.52. The first-order valence-electron chi connectivity index (χ1n) is 10.5. The highest BCUT2D eigenvalue weighted by atomic mass is 32.2. The summed E-state index contributed by atoms with van der Waals surface area (Å²) >= 11 is 0. The number of fused-ring (bicyclic) bond motifs is 1. The number of sulfonamides is 1. The van der Waals surface area contributed by atoms with Crippen molar-refractivity contribution in [2.45, 2.75) is 30.6 Å². The molecule has 1 saturated heterocycles. The van der Waals surface area contributed by atoms with E-state index in [4.69, 9.17) is 4.74 Å². The van der Waals surface area contributed by atoms with Gasteiger partial charge in [-0.15, -0.1) is 0 Å². The van der Waals surface area contributed by atoms with Crippen LogP contribution in [0.5, 0.6) is 5.75 Å². The third-order valence-corrected chi connectivity index (χ3v) is 7.54. The van der Waals surface area contributed by atoms with Crippen LogP contribution in [0.4, 0.5) is 5.69 Å². The lowest BCUT2D eigenvalue weighted by atomic mass is 10.1. The fourth-order valence-electron chi connectivity index (χ4n) is 3.91. The van der Waals surface area contributed by atoms with Gasteiger partial charge in [0, 0.05) is 18.8 Å². The van der Waals surface area contributed by atoms with Gasteiger partial charge < -0.3 is 10.1 Å². The summed E-state index contributed by atoms with van der Waals surface area (Å²) in [6.07, 6.45) is 3.91. The third-order valence-electron chi connectivity index (χ3n) is 5.63. The lowest BCUT2D eigenvalue weighted by molar-refractivity contribution is 0.102. The van der Waals surface area contributed by atoms with E-state index in [2.05, 4.69) is 5.32 Å². The Labute approximate surface area is 182 Å². The summed E-state index contributed by atoms with van der Waals surface area (Å²) in [5.41, 5.74) is 0.942. The number of rotatable bonds is 5. The molecule has 1 aliphatic rings. The normalized spacial score (nSPS) is 15.4. The number of ether oxygens (including phenoxy) is 1. The molecule has 1 amide bonds. The Balaban J connectivity index is 1.54. The van der Waals surface area contributed by atoms with Gasteiger partial charge in [0.05, 0.1) is 17.6 Å². The Hall–Kier alpha value is -2.90. The number of nitrogens with one attached hydrogen (secondary N) is 1. The first-order chi connectivity index (χ1) is 15.0. The summed E-state index contributed by atoms with van der Waals surface area (Å²) in [5, 5.41) is 4.76. The summed E-state index contributed by atoms with van der Waals surface area (Å²) in [4.78, 5) is 13.1. The molecular formula is C24H26N2O4S. The summed E-state index contributed by atoms with van der Waals surface area (Å²) in [5.74, 6) is 0.169. The number of hydrogen-bond donors (Lipinski definition) is 1. The molecule has 1 N–H and O–H groups in total. The second kappa shape index (κ2) is 9.08. The topological polar surface area (TPSA) is 75.7 Å². The summed E-state index contributed by atoms with van der Waals surface area (Å²) in [6.45, 7) is 1.12. The van der Waals surface area contributed by atoms with Crippen LogP contribution >= 0.6 is 0 Å². The van der Waals surface area contributed by atoms with Gasteiger partial charge in [-0.2, -0.15) is 4.31 Å². The largest absolute Gasteiger partial charge is 0.496 e. The average molecular weight is 439 g/mol. The van der Waals surface area contributed by atoms with E-state index in [0.717, 1.165) is 36.5 Å². The summed E-state index contributed by atoms with van der Waals surface area (Å²) < 4.78 is 32.8. The van der Waals surface area contributed by atoms with Crippen LogP contribution < -0.4 is 10.1 Å². The molecule has 0 aliphatic carbocycles. The van der Waals surface area contributed by atoms with Crippen LogP contribution in [0.3, 0.4) is 0 Å². The van der Waals surface area contributed by atoms with Gasteiger partial charge in [0.25, 0.3) is 5.91 Å². The number of benzene rings is 3. The molecule has 7 heteroatoms. The van der Waals surface area contributed by atoms with Crippen LogP contribution in [0.2, 0.25) is 0 Å². The number of anilines is 1. The van der Waals surface area contributed by atoms with E-state index < -0.39 is 10.0 Å². The van der Waals surface area contributed by atoms with Crippen molar-refractivity contribution in [1.29, 1.82) is 0 Å². The fraction of sp³-hybridized carbons (Fsp3) is 0.292. The maximum absolute atomic E-state index is 12.9. The second-order valence-corrected chi connectivity index (χ2v) is 9.63. The zero-order valence-electron chi connectivity index (χ0n) is 17.5. The van der Waals surface area contributed by atoms with Crippen LogP contribution in [0, 0.1) is 0 Å². The molecular weight excluding hydrogens is 412 g/mol. The Bertz CT molecular complexity index is 1180. The molecule has 0 unspecified atom stereocenters. The minimum Gasteiger partial charge on any atom is -0.496 e. The molecule has 1 fully saturated rings. The van der Waals surface area contributed by atoms with Crippen molar-refractivity contribution < 1.29 is 17.9 Å². The quantitative estimate of drug-likeness (QED) is 0.628. The Kier molecular flexibility index (Phi) is 6.25. The maximum Gasteiger partial charge on any atom is 0.259 e. The summed E-state index contributed by atoms with van der Waals surface area (Å²) in [7, 11) is -1.99. The van der Waals surface area contributed by atoms with E-state index in [1.165, 1.54) is 7.11 Å². The van der Waals surface area contributed by atoms with E-state index in [0.29, 0.717) is 30.1 Å². The van der Waals surface area contributed by atoms with Crippen molar-refractivity contribution in [3.05, 3.63) is 66.2 Å². The van der Waals surface area contributed by atoms with Crippen LogP contribution in [-0.4, -0.2) is 38.8 Å². The average Bonchev–Trinajstić information content (AvgIpc) is 3.09. The highest BCUT2D eigenvalue weighted by Gasteiger charge is 2.25. The number of hydrogen-bond acceptors (Lipinski definition) is 4. The predicted octanol–water partition coefficient (Wildman–Crippen LogP) is 4.67. The minimum absolute atomic E-state index is 0.246. The van der Waals surface area contributed by atoms with E-state index in [-0.39, 0.29) is 10.8 Å². The van der Waals surface area contributed by atoms with Gasteiger partial charge in [0.15, 0.2) is 0 Å². The number of methoxy groups -OCH3 is 1. The first kappa shape index (κ1) is 21.3. The lowest BCUT2D eigenvalue weighted by Crippen LogP contribution is -2.31. The monoisotopic (exact) mass is 438 g/mol. The van der Waals surface area contributed by atoms with Crippen molar-refractivity contribution in [1.82, 2.24) is 4.31 Å². The lowest BCUT2D eigenvalue weighted by Gasteiger charge is -2.20. The van der Waals surface area contributed by atoms with Gasteiger partial charge >= 0.3 is 0 Å². The molecule has 31 heavy (non-hydrogen) atoms. The van der Waals surface area contributed by atoms with E-state index in [9.17, 15) is 13.2 Å². The molecule has 3 aromatic rings. The Morgan fingerprint density at radius 2 is 1.52 bits per heavy atom. The first-order valence-corrected chi connectivity index (χ1v) is 11.9. The molecule has 4 rings (SSSR count). The van der Waals surface area contributed by atoms with Crippen LogP contribution in [-0.2, 0) is 10.0 Å². The third kappa shape index (κ3) is 4.57. The zero-order chi connectivity index (χ0) is 21.8. The molecule has 162 valence electrons. The molecule has 1 aliphatic heterocycles. The van der Waals surface area contributed by atoms with Gasteiger partial charge in [-0.3, -0.25) is 4.79 Å². The van der Waals surface area contributed by atoms with Gasteiger partial charge in [-0.25, -0.2) is 8.42 Å². The number of amides is 1. The second-order valence-electron chi connectivity index (χ2n) is 7.70. The van der Waals surface area contributed by atoms with Crippen molar-refractivity contribution in [3.8, 4) is 5.75 Å². The molecule has 6 nitrogen and oxygen atoms in total. The van der Waals surface area contributed by atoms with Gasteiger partial charge in [-0.05, 0) is 60.0 Å². The van der Waals surface area contributed by atoms with E-state index in [1.54, 1.807) is 34.6 Å². The van der Waals surface area contributed by atoms with Gasteiger partial charge in [0.1, 0.15) is 5.75 Å². The van der Waals surface area contributed by atoms with Crippen LogP contribution in [0.1, 0.15) is 36.0 Å². The number of carbonyl (C=O) groups is 1. The SMILES string of the molecule is COc1cc2ccccc2cc1C(=O)Nc1ccc(S(=O)(=O)N2CCCCCC2)cc1. The smallest absolute Gasteiger partial charge is 0.259 e. The van der Waals surface area contributed by atoms with Gasteiger partial charge in [0.2, 0.25) is 10.0 Å². The Morgan fingerprint density at radius 3 is 2.13 bits per heavy atom.